The third kappa shape index (κ3) is 1.89. The zero-order valence-electron chi connectivity index (χ0n) is 8.91. The Labute approximate surface area is 88.8 Å². The van der Waals surface area contributed by atoms with E-state index >= 15 is 0 Å². The Hall–Kier alpha value is -1.68. The van der Waals surface area contributed by atoms with Gasteiger partial charge in [-0.05, 0) is 26.1 Å². The highest BCUT2D eigenvalue weighted by Gasteiger charge is 2.11. The van der Waals surface area contributed by atoms with Crippen molar-refractivity contribution in [1.82, 2.24) is 20.5 Å². The summed E-state index contributed by atoms with van der Waals surface area (Å²) in [5.41, 5.74) is 4.13. The van der Waals surface area contributed by atoms with Crippen LogP contribution >= 0.6 is 0 Å². The Morgan fingerprint density at radius 3 is 2.93 bits per heavy atom. The van der Waals surface area contributed by atoms with Crippen LogP contribution < -0.4 is 5.32 Å². The lowest BCUT2D eigenvalue weighted by Gasteiger charge is -2.02. The van der Waals surface area contributed by atoms with Gasteiger partial charge < -0.3 is 5.32 Å². The summed E-state index contributed by atoms with van der Waals surface area (Å²) in [5.74, 6) is 0. The number of aromatic amines is 1. The van der Waals surface area contributed by atoms with Crippen LogP contribution in [0, 0.1) is 6.92 Å². The van der Waals surface area contributed by atoms with Gasteiger partial charge in [0.1, 0.15) is 0 Å². The van der Waals surface area contributed by atoms with E-state index in [1.807, 2.05) is 32.2 Å². The molecule has 78 valence electrons. The van der Waals surface area contributed by atoms with Gasteiger partial charge in [-0.25, -0.2) is 0 Å². The minimum atomic E-state index is 0.746. The summed E-state index contributed by atoms with van der Waals surface area (Å²) in [7, 11) is 1.91. The molecule has 15 heavy (non-hydrogen) atoms. The molecule has 0 atom stereocenters. The van der Waals surface area contributed by atoms with Crippen LogP contribution in [-0.2, 0) is 6.54 Å². The van der Waals surface area contributed by atoms with E-state index in [9.17, 15) is 0 Å². The van der Waals surface area contributed by atoms with Crippen molar-refractivity contribution < 1.29 is 0 Å². The smallest absolute Gasteiger partial charge is 0.0856 e. The molecule has 0 bridgehead atoms. The van der Waals surface area contributed by atoms with Crippen molar-refractivity contribution in [2.75, 3.05) is 7.05 Å². The monoisotopic (exact) mass is 202 g/mol. The summed E-state index contributed by atoms with van der Waals surface area (Å²) >= 11 is 0. The molecule has 0 saturated carbocycles. The summed E-state index contributed by atoms with van der Waals surface area (Å²) < 4.78 is 0. The number of pyridine rings is 1. The van der Waals surface area contributed by atoms with E-state index in [0.29, 0.717) is 0 Å². The van der Waals surface area contributed by atoms with E-state index in [0.717, 1.165) is 29.2 Å². The van der Waals surface area contributed by atoms with Gasteiger partial charge in [-0.2, -0.15) is 5.10 Å². The zero-order valence-corrected chi connectivity index (χ0v) is 8.91. The van der Waals surface area contributed by atoms with E-state index in [2.05, 4.69) is 20.5 Å². The van der Waals surface area contributed by atoms with Gasteiger partial charge in [0.2, 0.25) is 0 Å². The van der Waals surface area contributed by atoms with Crippen molar-refractivity contribution in [3.63, 3.8) is 0 Å². The number of rotatable bonds is 3. The highest BCUT2D eigenvalue weighted by Crippen LogP contribution is 2.23. The minimum absolute atomic E-state index is 0.746. The van der Waals surface area contributed by atoms with Gasteiger partial charge in [-0.3, -0.25) is 10.1 Å². The number of hydrogen-bond donors (Lipinski definition) is 2. The fraction of sp³-hybridized carbons (Fsp3) is 0.273. The van der Waals surface area contributed by atoms with Gasteiger partial charge in [0.15, 0.2) is 0 Å². The zero-order chi connectivity index (χ0) is 10.7. The van der Waals surface area contributed by atoms with Crippen LogP contribution in [-0.4, -0.2) is 22.2 Å². The Morgan fingerprint density at radius 2 is 2.27 bits per heavy atom. The van der Waals surface area contributed by atoms with Crippen molar-refractivity contribution in [2.45, 2.75) is 13.5 Å². The average Bonchev–Trinajstić information content (AvgIpc) is 2.62. The largest absolute Gasteiger partial charge is 0.314 e. The molecule has 0 saturated heterocycles. The predicted octanol–water partition coefficient (Wildman–Crippen LogP) is 1.50. The molecule has 2 aromatic rings. The van der Waals surface area contributed by atoms with E-state index in [1.54, 1.807) is 6.20 Å². The number of nitrogens with one attached hydrogen (secondary N) is 2. The topological polar surface area (TPSA) is 53.6 Å². The lowest BCUT2D eigenvalue weighted by atomic mass is 10.1. The summed E-state index contributed by atoms with van der Waals surface area (Å²) in [6.07, 6.45) is 1.80. The molecule has 0 unspecified atom stereocenters. The third-order valence-electron chi connectivity index (χ3n) is 2.29. The highest BCUT2D eigenvalue weighted by molar-refractivity contribution is 5.64. The normalized spacial score (nSPS) is 10.5. The number of nitrogens with zero attached hydrogens (tertiary/aromatic N) is 2. The molecular weight excluding hydrogens is 188 g/mol. The fourth-order valence-corrected chi connectivity index (χ4v) is 1.63. The van der Waals surface area contributed by atoms with Crippen molar-refractivity contribution >= 4 is 0 Å². The Morgan fingerprint density at radius 1 is 1.40 bits per heavy atom. The second-order valence-corrected chi connectivity index (χ2v) is 3.42. The standard InChI is InChI=1S/C11H14N4/c1-8-11(9-5-3-4-6-13-9)10(7-12-2)15-14-8/h3-6,12H,7H2,1-2H3,(H,14,15). The summed E-state index contributed by atoms with van der Waals surface area (Å²) in [5, 5.41) is 10.3. The lowest BCUT2D eigenvalue weighted by Crippen LogP contribution is -2.06. The van der Waals surface area contributed by atoms with Crippen molar-refractivity contribution in [3.05, 3.63) is 35.8 Å². The molecule has 4 nitrogen and oxygen atoms in total. The molecule has 2 heterocycles. The maximum absolute atomic E-state index is 4.34. The second-order valence-electron chi connectivity index (χ2n) is 3.42. The number of hydrogen-bond acceptors (Lipinski definition) is 3. The predicted molar refractivity (Wildman–Crippen MR) is 59.3 cm³/mol. The first-order chi connectivity index (χ1) is 7.33. The van der Waals surface area contributed by atoms with Gasteiger partial charge in [-0.1, -0.05) is 6.07 Å². The van der Waals surface area contributed by atoms with Crippen LogP contribution in [0.3, 0.4) is 0 Å². The van der Waals surface area contributed by atoms with Crippen molar-refractivity contribution in [3.8, 4) is 11.3 Å². The van der Waals surface area contributed by atoms with Gasteiger partial charge in [0, 0.05) is 24.0 Å². The van der Waals surface area contributed by atoms with Crippen LogP contribution in [0.15, 0.2) is 24.4 Å². The first kappa shape index (κ1) is 9.86. The molecule has 0 amide bonds. The maximum atomic E-state index is 4.34. The molecule has 0 fully saturated rings. The molecule has 4 heteroatoms. The number of H-pyrrole nitrogens is 1. The van der Waals surface area contributed by atoms with Crippen LogP contribution in [0.2, 0.25) is 0 Å². The summed E-state index contributed by atoms with van der Waals surface area (Å²) in [6, 6.07) is 5.89. The molecule has 0 aromatic carbocycles. The molecule has 0 aliphatic carbocycles. The molecule has 2 aromatic heterocycles. The van der Waals surface area contributed by atoms with E-state index in [1.165, 1.54) is 0 Å². The minimum Gasteiger partial charge on any atom is -0.314 e. The highest BCUT2D eigenvalue weighted by atomic mass is 15.1. The number of aromatic nitrogens is 3. The van der Waals surface area contributed by atoms with Crippen LogP contribution in [0.5, 0.6) is 0 Å². The van der Waals surface area contributed by atoms with Crippen molar-refractivity contribution in [1.29, 1.82) is 0 Å². The Bertz CT molecular complexity index is 433. The molecule has 0 aliphatic heterocycles. The third-order valence-corrected chi connectivity index (χ3v) is 2.29. The molecular formula is C11H14N4. The fourth-order valence-electron chi connectivity index (χ4n) is 1.63. The summed E-state index contributed by atoms with van der Waals surface area (Å²) in [6.45, 7) is 2.76. The molecule has 0 radical (unpaired) electrons. The molecule has 2 N–H and O–H groups in total. The van der Waals surface area contributed by atoms with Gasteiger partial charge in [0.25, 0.3) is 0 Å². The van der Waals surface area contributed by atoms with E-state index < -0.39 is 0 Å². The molecule has 0 spiro atoms. The molecule has 0 aliphatic rings. The first-order valence-electron chi connectivity index (χ1n) is 4.92. The SMILES string of the molecule is CNCc1n[nH]c(C)c1-c1ccccn1. The van der Waals surface area contributed by atoms with E-state index in [4.69, 9.17) is 0 Å². The Kier molecular flexibility index (Phi) is 2.78. The number of aryl methyl sites for hydroxylation is 1. The summed E-state index contributed by atoms with van der Waals surface area (Å²) in [4.78, 5) is 4.34. The average molecular weight is 202 g/mol. The van der Waals surface area contributed by atoms with Gasteiger partial charge >= 0.3 is 0 Å². The maximum Gasteiger partial charge on any atom is 0.0856 e. The van der Waals surface area contributed by atoms with Crippen LogP contribution in [0.1, 0.15) is 11.4 Å². The quantitative estimate of drug-likeness (QED) is 0.793. The van der Waals surface area contributed by atoms with Crippen molar-refractivity contribution in [2.24, 2.45) is 0 Å². The first-order valence-corrected chi connectivity index (χ1v) is 4.92. The molecule has 2 rings (SSSR count). The lowest BCUT2D eigenvalue weighted by molar-refractivity contribution is 0.784. The van der Waals surface area contributed by atoms with Gasteiger partial charge in [-0.15, -0.1) is 0 Å². The second kappa shape index (κ2) is 4.23. The van der Waals surface area contributed by atoms with Crippen LogP contribution in [0.25, 0.3) is 11.3 Å². The van der Waals surface area contributed by atoms with Gasteiger partial charge in [0.05, 0.1) is 11.4 Å². The van der Waals surface area contributed by atoms with Crippen LogP contribution in [0.4, 0.5) is 0 Å². The Balaban J connectivity index is 2.47. The van der Waals surface area contributed by atoms with E-state index in [-0.39, 0.29) is 0 Å².